The van der Waals surface area contributed by atoms with Crippen LogP contribution in [0.1, 0.15) is 32.6 Å². The van der Waals surface area contributed by atoms with Crippen LogP contribution >= 0.6 is 0 Å². The molecule has 1 aliphatic carbocycles. The van der Waals surface area contributed by atoms with Crippen molar-refractivity contribution < 1.29 is 5.11 Å². The van der Waals surface area contributed by atoms with Crippen LogP contribution in [0.25, 0.3) is 0 Å². The Kier molecular flexibility index (Phi) is 4.73. The van der Waals surface area contributed by atoms with Crippen molar-refractivity contribution in [2.45, 2.75) is 38.6 Å². The van der Waals surface area contributed by atoms with Crippen molar-refractivity contribution >= 4 is 5.96 Å². The first-order chi connectivity index (χ1) is 6.76. The molecule has 1 aliphatic rings. The number of nitrogens with one attached hydrogen (secondary N) is 1. The van der Waals surface area contributed by atoms with E-state index in [0.29, 0.717) is 17.9 Å². The molecular weight excluding hydrogens is 178 g/mol. The second-order valence-corrected chi connectivity index (χ2v) is 3.93. The molecule has 0 aromatic rings. The van der Waals surface area contributed by atoms with E-state index in [1.165, 1.54) is 12.8 Å². The number of aliphatic hydroxyl groups excluding tert-OH is 1. The molecule has 4 N–H and O–H groups in total. The van der Waals surface area contributed by atoms with Crippen LogP contribution in [0.2, 0.25) is 0 Å². The number of aliphatic imine (C=N–C) groups is 1. The first-order valence-electron chi connectivity index (χ1n) is 5.43. The molecule has 14 heavy (non-hydrogen) atoms. The SMILES string of the molecule is CCC(CCO)CN=C(N)NC1CC1. The van der Waals surface area contributed by atoms with E-state index in [2.05, 4.69) is 17.2 Å². The van der Waals surface area contributed by atoms with E-state index in [-0.39, 0.29) is 6.61 Å². The Labute approximate surface area is 85.6 Å². The van der Waals surface area contributed by atoms with Gasteiger partial charge in [-0.05, 0) is 25.2 Å². The number of rotatable bonds is 6. The van der Waals surface area contributed by atoms with Gasteiger partial charge in [-0.15, -0.1) is 0 Å². The monoisotopic (exact) mass is 199 g/mol. The van der Waals surface area contributed by atoms with E-state index in [0.717, 1.165) is 19.4 Å². The van der Waals surface area contributed by atoms with Gasteiger partial charge in [-0.25, -0.2) is 0 Å². The van der Waals surface area contributed by atoms with Gasteiger partial charge < -0.3 is 16.2 Å². The zero-order valence-electron chi connectivity index (χ0n) is 8.87. The third-order valence-corrected chi connectivity index (χ3v) is 2.56. The standard InChI is InChI=1S/C10H21N3O/c1-2-8(5-6-14)7-12-10(11)13-9-3-4-9/h8-9,14H,2-7H2,1H3,(H3,11,12,13). The molecule has 0 bridgehead atoms. The third-order valence-electron chi connectivity index (χ3n) is 2.56. The Morgan fingerprint density at radius 3 is 2.86 bits per heavy atom. The molecule has 1 rings (SSSR count). The maximum Gasteiger partial charge on any atom is 0.188 e. The summed E-state index contributed by atoms with van der Waals surface area (Å²) in [6.45, 7) is 3.08. The lowest BCUT2D eigenvalue weighted by atomic mass is 10.0. The van der Waals surface area contributed by atoms with Crippen molar-refractivity contribution in [3.63, 3.8) is 0 Å². The molecule has 82 valence electrons. The van der Waals surface area contributed by atoms with Crippen molar-refractivity contribution in [1.29, 1.82) is 0 Å². The van der Waals surface area contributed by atoms with Gasteiger partial charge in [0.05, 0.1) is 0 Å². The van der Waals surface area contributed by atoms with Crippen LogP contribution in [0.4, 0.5) is 0 Å². The van der Waals surface area contributed by atoms with E-state index in [1.54, 1.807) is 0 Å². The highest BCUT2D eigenvalue weighted by molar-refractivity contribution is 5.78. The topological polar surface area (TPSA) is 70.6 Å². The quantitative estimate of drug-likeness (QED) is 0.430. The number of guanidine groups is 1. The second kappa shape index (κ2) is 5.86. The minimum Gasteiger partial charge on any atom is -0.396 e. The molecule has 0 amide bonds. The zero-order chi connectivity index (χ0) is 10.4. The van der Waals surface area contributed by atoms with E-state index in [9.17, 15) is 0 Å². The molecule has 0 aliphatic heterocycles. The highest BCUT2D eigenvalue weighted by Gasteiger charge is 2.21. The van der Waals surface area contributed by atoms with Crippen LogP contribution in [0.15, 0.2) is 4.99 Å². The van der Waals surface area contributed by atoms with Gasteiger partial charge in [0.1, 0.15) is 0 Å². The van der Waals surface area contributed by atoms with E-state index < -0.39 is 0 Å². The van der Waals surface area contributed by atoms with Gasteiger partial charge in [0.2, 0.25) is 0 Å². The first kappa shape index (κ1) is 11.3. The van der Waals surface area contributed by atoms with Crippen LogP contribution in [0, 0.1) is 5.92 Å². The lowest BCUT2D eigenvalue weighted by Crippen LogP contribution is -2.33. The summed E-state index contributed by atoms with van der Waals surface area (Å²) in [5.74, 6) is 1.02. The Balaban J connectivity index is 2.19. The maximum absolute atomic E-state index is 8.79. The minimum absolute atomic E-state index is 0.240. The molecular formula is C10H21N3O. The van der Waals surface area contributed by atoms with Crippen molar-refractivity contribution in [2.24, 2.45) is 16.6 Å². The fraction of sp³-hybridized carbons (Fsp3) is 0.900. The van der Waals surface area contributed by atoms with Gasteiger partial charge in [0.15, 0.2) is 5.96 Å². The van der Waals surface area contributed by atoms with Crippen LogP contribution in [0.3, 0.4) is 0 Å². The molecule has 1 atom stereocenters. The van der Waals surface area contributed by atoms with Gasteiger partial charge in [-0.1, -0.05) is 13.3 Å². The van der Waals surface area contributed by atoms with E-state index >= 15 is 0 Å². The average Bonchev–Trinajstić information content (AvgIpc) is 2.96. The summed E-state index contributed by atoms with van der Waals surface area (Å²) in [5, 5.41) is 11.9. The van der Waals surface area contributed by atoms with Gasteiger partial charge in [0, 0.05) is 19.2 Å². The van der Waals surface area contributed by atoms with Crippen LogP contribution in [0.5, 0.6) is 0 Å². The number of aliphatic hydroxyl groups is 1. The van der Waals surface area contributed by atoms with Crippen molar-refractivity contribution in [3.05, 3.63) is 0 Å². The molecule has 1 saturated carbocycles. The van der Waals surface area contributed by atoms with Crippen LogP contribution in [-0.4, -0.2) is 30.3 Å². The second-order valence-electron chi connectivity index (χ2n) is 3.93. The lowest BCUT2D eigenvalue weighted by Gasteiger charge is -2.10. The third kappa shape index (κ3) is 4.46. The highest BCUT2D eigenvalue weighted by Crippen LogP contribution is 2.18. The van der Waals surface area contributed by atoms with Gasteiger partial charge in [-0.2, -0.15) is 0 Å². The lowest BCUT2D eigenvalue weighted by molar-refractivity contribution is 0.256. The maximum atomic E-state index is 8.79. The van der Waals surface area contributed by atoms with Crippen molar-refractivity contribution in [2.75, 3.05) is 13.2 Å². The summed E-state index contributed by atoms with van der Waals surface area (Å²) < 4.78 is 0. The number of nitrogens with two attached hydrogens (primary N) is 1. The van der Waals surface area contributed by atoms with Crippen molar-refractivity contribution in [3.8, 4) is 0 Å². The summed E-state index contributed by atoms with van der Waals surface area (Å²) in [5.41, 5.74) is 5.69. The first-order valence-corrected chi connectivity index (χ1v) is 5.43. The smallest absolute Gasteiger partial charge is 0.188 e. The van der Waals surface area contributed by atoms with Crippen LogP contribution < -0.4 is 11.1 Å². The molecule has 0 aromatic carbocycles. The van der Waals surface area contributed by atoms with Gasteiger partial charge in [-0.3, -0.25) is 4.99 Å². The molecule has 0 spiro atoms. The van der Waals surface area contributed by atoms with E-state index in [4.69, 9.17) is 10.8 Å². The summed E-state index contributed by atoms with van der Waals surface area (Å²) in [4.78, 5) is 4.27. The Bertz CT molecular complexity index is 190. The summed E-state index contributed by atoms with van der Waals surface area (Å²) in [6.07, 6.45) is 4.28. The van der Waals surface area contributed by atoms with Gasteiger partial charge in [0.25, 0.3) is 0 Å². The Morgan fingerprint density at radius 1 is 1.64 bits per heavy atom. The number of nitrogens with zero attached hydrogens (tertiary/aromatic N) is 1. The minimum atomic E-state index is 0.240. The number of hydrogen-bond donors (Lipinski definition) is 3. The predicted molar refractivity (Wildman–Crippen MR) is 58.1 cm³/mol. The van der Waals surface area contributed by atoms with Crippen LogP contribution in [-0.2, 0) is 0 Å². The molecule has 1 unspecified atom stereocenters. The normalized spacial score (nSPS) is 19.4. The van der Waals surface area contributed by atoms with Gasteiger partial charge >= 0.3 is 0 Å². The average molecular weight is 199 g/mol. The fourth-order valence-corrected chi connectivity index (χ4v) is 1.32. The zero-order valence-corrected chi connectivity index (χ0v) is 8.87. The Morgan fingerprint density at radius 2 is 2.36 bits per heavy atom. The molecule has 1 fully saturated rings. The van der Waals surface area contributed by atoms with Crippen molar-refractivity contribution in [1.82, 2.24) is 5.32 Å². The summed E-state index contributed by atoms with van der Waals surface area (Å²) in [7, 11) is 0. The molecule has 4 heteroatoms. The highest BCUT2D eigenvalue weighted by atomic mass is 16.3. The van der Waals surface area contributed by atoms with E-state index in [1.807, 2.05) is 0 Å². The molecule has 0 radical (unpaired) electrons. The summed E-state index contributed by atoms with van der Waals surface area (Å²) >= 11 is 0. The predicted octanol–water partition coefficient (Wildman–Crippen LogP) is 0.462. The largest absolute Gasteiger partial charge is 0.396 e. The molecule has 0 aromatic heterocycles. The molecule has 0 heterocycles. The number of hydrogen-bond acceptors (Lipinski definition) is 2. The Hall–Kier alpha value is -0.770. The fourth-order valence-electron chi connectivity index (χ4n) is 1.32. The summed E-state index contributed by atoms with van der Waals surface area (Å²) in [6, 6.07) is 0.566. The molecule has 4 nitrogen and oxygen atoms in total. The molecule has 0 saturated heterocycles.